The maximum absolute atomic E-state index is 12.6. The molecule has 0 bridgehead atoms. The van der Waals surface area contributed by atoms with E-state index in [0.717, 1.165) is 25.2 Å². The lowest BCUT2D eigenvalue weighted by atomic mass is 10.4. The highest BCUT2D eigenvalue weighted by molar-refractivity contribution is 7.89. The lowest BCUT2D eigenvalue weighted by Gasteiger charge is -2.06. The molecule has 0 amide bonds. The first-order chi connectivity index (χ1) is 8.06. The molecule has 4 nitrogen and oxygen atoms in total. The van der Waals surface area contributed by atoms with E-state index in [1.165, 1.54) is 12.1 Å². The number of hydrogen-bond acceptors (Lipinski definition) is 3. The Bertz CT molecular complexity index is 431. The summed E-state index contributed by atoms with van der Waals surface area (Å²) in [6.45, 7) is 3.99. The van der Waals surface area contributed by atoms with Crippen molar-refractivity contribution in [2.75, 3.05) is 19.6 Å². The molecule has 1 aromatic rings. The molecule has 6 heteroatoms. The Balaban J connectivity index is 2.48. The van der Waals surface area contributed by atoms with Crippen LogP contribution < -0.4 is 10.0 Å². The zero-order valence-electron chi connectivity index (χ0n) is 9.74. The fraction of sp³-hybridized carbons (Fsp3) is 0.455. The normalized spacial score (nSPS) is 11.6. The van der Waals surface area contributed by atoms with Gasteiger partial charge in [0.1, 0.15) is 5.82 Å². The van der Waals surface area contributed by atoms with Crippen molar-refractivity contribution in [2.24, 2.45) is 0 Å². The van der Waals surface area contributed by atoms with Crippen molar-refractivity contribution in [1.29, 1.82) is 0 Å². The van der Waals surface area contributed by atoms with E-state index in [1.54, 1.807) is 0 Å². The summed E-state index contributed by atoms with van der Waals surface area (Å²) in [4.78, 5) is 0.0855. The first-order valence-corrected chi connectivity index (χ1v) is 7.00. The summed E-state index contributed by atoms with van der Waals surface area (Å²) in [5.41, 5.74) is 0. The summed E-state index contributed by atoms with van der Waals surface area (Å²) in [5, 5.41) is 3.10. The smallest absolute Gasteiger partial charge is 0.240 e. The van der Waals surface area contributed by atoms with Crippen molar-refractivity contribution in [3.05, 3.63) is 30.1 Å². The minimum Gasteiger partial charge on any atom is -0.317 e. The van der Waals surface area contributed by atoms with Crippen LogP contribution in [0.1, 0.15) is 13.3 Å². The van der Waals surface area contributed by atoms with E-state index in [0.29, 0.717) is 13.0 Å². The van der Waals surface area contributed by atoms with E-state index in [9.17, 15) is 12.8 Å². The molecule has 0 unspecified atom stereocenters. The molecular weight excluding hydrogens is 243 g/mol. The number of rotatable bonds is 7. The summed E-state index contributed by atoms with van der Waals surface area (Å²) in [5.74, 6) is -0.448. The number of hydrogen-bond donors (Lipinski definition) is 2. The lowest BCUT2D eigenvalue weighted by molar-refractivity contribution is 0.574. The summed E-state index contributed by atoms with van der Waals surface area (Å²) < 4.78 is 38.6. The van der Waals surface area contributed by atoms with Gasteiger partial charge in [0.25, 0.3) is 0 Å². The number of sulfonamides is 1. The Labute approximate surface area is 101 Å². The molecule has 1 rings (SSSR count). The van der Waals surface area contributed by atoms with Gasteiger partial charge in [-0.25, -0.2) is 17.5 Å². The molecule has 96 valence electrons. The first-order valence-electron chi connectivity index (χ1n) is 5.52. The Morgan fingerprint density at radius 2 is 1.82 bits per heavy atom. The van der Waals surface area contributed by atoms with Crippen molar-refractivity contribution in [3.8, 4) is 0 Å². The van der Waals surface area contributed by atoms with Crippen molar-refractivity contribution in [3.63, 3.8) is 0 Å². The molecule has 0 aliphatic carbocycles. The zero-order chi connectivity index (χ0) is 12.7. The zero-order valence-corrected chi connectivity index (χ0v) is 10.6. The number of nitrogens with one attached hydrogen (secondary N) is 2. The van der Waals surface area contributed by atoms with Gasteiger partial charge in [-0.2, -0.15) is 0 Å². The molecule has 0 fully saturated rings. The van der Waals surface area contributed by atoms with Crippen molar-refractivity contribution < 1.29 is 12.8 Å². The van der Waals surface area contributed by atoms with Crippen molar-refractivity contribution in [2.45, 2.75) is 18.2 Å². The van der Waals surface area contributed by atoms with Gasteiger partial charge < -0.3 is 5.32 Å². The second-order valence-corrected chi connectivity index (χ2v) is 5.33. The molecule has 0 heterocycles. The van der Waals surface area contributed by atoms with Crippen molar-refractivity contribution >= 4 is 10.0 Å². The highest BCUT2D eigenvalue weighted by Crippen LogP contribution is 2.09. The van der Waals surface area contributed by atoms with Crippen LogP contribution in [-0.4, -0.2) is 28.1 Å². The molecule has 0 spiro atoms. The van der Waals surface area contributed by atoms with Crippen LogP contribution in [-0.2, 0) is 10.0 Å². The molecule has 0 saturated carbocycles. The molecule has 0 aromatic heterocycles. The SMILES string of the molecule is CCNCCCNS(=O)(=O)c1ccc(F)cc1. The van der Waals surface area contributed by atoms with Gasteiger partial charge in [-0.3, -0.25) is 0 Å². The molecule has 0 aliphatic rings. The molecule has 0 radical (unpaired) electrons. The minimum atomic E-state index is -3.51. The van der Waals surface area contributed by atoms with E-state index in [4.69, 9.17) is 0 Å². The second kappa shape index (κ2) is 6.68. The van der Waals surface area contributed by atoms with Crippen LogP contribution in [0.2, 0.25) is 0 Å². The van der Waals surface area contributed by atoms with Gasteiger partial charge in [0.2, 0.25) is 10.0 Å². The topological polar surface area (TPSA) is 58.2 Å². The van der Waals surface area contributed by atoms with Gasteiger partial charge in [0, 0.05) is 6.54 Å². The predicted molar refractivity (Wildman–Crippen MR) is 64.7 cm³/mol. The first kappa shape index (κ1) is 14.1. The van der Waals surface area contributed by atoms with E-state index in [-0.39, 0.29) is 4.90 Å². The molecule has 1 aromatic carbocycles. The fourth-order valence-corrected chi connectivity index (χ4v) is 2.37. The quantitative estimate of drug-likeness (QED) is 0.722. The Kier molecular flexibility index (Phi) is 5.54. The van der Waals surface area contributed by atoms with Crippen LogP contribution >= 0.6 is 0 Å². The maximum Gasteiger partial charge on any atom is 0.240 e. The molecule has 17 heavy (non-hydrogen) atoms. The molecule has 0 aliphatic heterocycles. The molecular formula is C11H17FN2O2S. The monoisotopic (exact) mass is 260 g/mol. The maximum atomic E-state index is 12.6. The van der Waals surface area contributed by atoms with Gasteiger partial charge in [0.05, 0.1) is 4.90 Å². The van der Waals surface area contributed by atoms with Crippen LogP contribution in [0, 0.1) is 5.82 Å². The average molecular weight is 260 g/mol. The predicted octanol–water partition coefficient (Wildman–Crippen LogP) is 1.10. The van der Waals surface area contributed by atoms with Crippen LogP contribution in [0.15, 0.2) is 29.2 Å². The van der Waals surface area contributed by atoms with Gasteiger partial charge in [-0.1, -0.05) is 6.92 Å². The summed E-state index contributed by atoms with van der Waals surface area (Å²) >= 11 is 0. The van der Waals surface area contributed by atoms with Gasteiger partial charge >= 0.3 is 0 Å². The Morgan fingerprint density at radius 1 is 1.18 bits per heavy atom. The number of benzene rings is 1. The highest BCUT2D eigenvalue weighted by atomic mass is 32.2. The number of halogens is 1. The summed E-state index contributed by atoms with van der Waals surface area (Å²) in [6.07, 6.45) is 0.717. The molecule has 0 saturated heterocycles. The third kappa shape index (κ3) is 4.80. The van der Waals surface area contributed by atoms with Crippen LogP contribution in [0.5, 0.6) is 0 Å². The summed E-state index contributed by atoms with van der Waals surface area (Å²) in [7, 11) is -3.51. The minimum absolute atomic E-state index is 0.0855. The largest absolute Gasteiger partial charge is 0.317 e. The van der Waals surface area contributed by atoms with Gasteiger partial charge in [-0.05, 0) is 43.8 Å². The highest BCUT2D eigenvalue weighted by Gasteiger charge is 2.12. The van der Waals surface area contributed by atoms with Crippen LogP contribution in [0.25, 0.3) is 0 Å². The van der Waals surface area contributed by atoms with Crippen LogP contribution in [0.3, 0.4) is 0 Å². The van der Waals surface area contributed by atoms with E-state index in [1.807, 2.05) is 6.92 Å². The van der Waals surface area contributed by atoms with E-state index < -0.39 is 15.8 Å². The summed E-state index contributed by atoms with van der Waals surface area (Å²) in [6, 6.07) is 4.77. The Hall–Kier alpha value is -0.980. The van der Waals surface area contributed by atoms with Crippen LogP contribution in [0.4, 0.5) is 4.39 Å². The van der Waals surface area contributed by atoms with Gasteiger partial charge in [0.15, 0.2) is 0 Å². The van der Waals surface area contributed by atoms with Gasteiger partial charge in [-0.15, -0.1) is 0 Å². The van der Waals surface area contributed by atoms with E-state index in [2.05, 4.69) is 10.0 Å². The molecule has 2 N–H and O–H groups in total. The van der Waals surface area contributed by atoms with Crippen molar-refractivity contribution in [1.82, 2.24) is 10.0 Å². The average Bonchev–Trinajstić information content (AvgIpc) is 2.29. The fourth-order valence-electron chi connectivity index (χ4n) is 1.29. The third-order valence-electron chi connectivity index (χ3n) is 2.20. The third-order valence-corrected chi connectivity index (χ3v) is 3.67. The Morgan fingerprint density at radius 3 is 2.41 bits per heavy atom. The standard InChI is InChI=1S/C11H17FN2O2S/c1-2-13-8-3-9-14-17(15,16)11-6-4-10(12)5-7-11/h4-7,13-14H,2-3,8-9H2,1H3. The lowest BCUT2D eigenvalue weighted by Crippen LogP contribution is -2.27. The molecule has 0 atom stereocenters. The second-order valence-electron chi connectivity index (χ2n) is 3.56. The van der Waals surface area contributed by atoms with E-state index >= 15 is 0 Å².